The number of carbonyl (C=O) groups is 1. The van der Waals surface area contributed by atoms with Crippen LogP contribution in [0, 0.1) is 5.82 Å². The molecule has 0 bridgehead atoms. The molecule has 0 saturated heterocycles. The Morgan fingerprint density at radius 2 is 1.79 bits per heavy atom. The highest BCUT2D eigenvalue weighted by atomic mass is 19.1. The summed E-state index contributed by atoms with van der Waals surface area (Å²) in [6, 6.07) is 13.8. The lowest BCUT2D eigenvalue weighted by Crippen LogP contribution is -2.14. The van der Waals surface area contributed by atoms with Crippen LogP contribution in [0.5, 0.6) is 0 Å². The van der Waals surface area contributed by atoms with Gasteiger partial charge in [-0.2, -0.15) is 0 Å². The molecular weight excluding hydrogens is 241 g/mol. The van der Waals surface area contributed by atoms with E-state index in [1.807, 2.05) is 30.3 Å². The van der Waals surface area contributed by atoms with Crippen molar-refractivity contribution in [2.45, 2.75) is 6.04 Å². The standard InChI is InChI=1S/C16H12FNO/c17-13-7-5-11(6-8-13)16-9-12(10-19)14-3-1-2-4-15(14)18-16/h1-10,16,18H. The van der Waals surface area contributed by atoms with E-state index in [1.165, 1.54) is 12.1 Å². The molecule has 2 aromatic rings. The number of allylic oxidation sites excluding steroid dienone is 1. The van der Waals surface area contributed by atoms with E-state index in [0.717, 1.165) is 23.1 Å². The molecule has 1 heterocycles. The maximum Gasteiger partial charge on any atom is 0.150 e. The summed E-state index contributed by atoms with van der Waals surface area (Å²) in [6.45, 7) is 0. The number of anilines is 1. The second kappa shape index (κ2) is 4.69. The third-order valence-corrected chi connectivity index (χ3v) is 3.25. The minimum atomic E-state index is -0.264. The van der Waals surface area contributed by atoms with Gasteiger partial charge in [-0.25, -0.2) is 4.39 Å². The number of para-hydroxylation sites is 1. The predicted octanol–water partition coefficient (Wildman–Crippen LogP) is 3.57. The predicted molar refractivity (Wildman–Crippen MR) is 73.2 cm³/mol. The van der Waals surface area contributed by atoms with E-state index in [0.29, 0.717) is 5.57 Å². The zero-order valence-electron chi connectivity index (χ0n) is 10.1. The molecule has 0 saturated carbocycles. The van der Waals surface area contributed by atoms with Crippen LogP contribution in [0.4, 0.5) is 10.1 Å². The van der Waals surface area contributed by atoms with E-state index in [4.69, 9.17) is 0 Å². The minimum Gasteiger partial charge on any atom is -0.374 e. The van der Waals surface area contributed by atoms with Crippen molar-refractivity contribution in [2.24, 2.45) is 0 Å². The van der Waals surface area contributed by atoms with Gasteiger partial charge in [-0.05, 0) is 29.8 Å². The fourth-order valence-corrected chi connectivity index (χ4v) is 2.29. The van der Waals surface area contributed by atoms with E-state index in [9.17, 15) is 9.18 Å². The van der Waals surface area contributed by atoms with E-state index in [2.05, 4.69) is 5.32 Å². The molecule has 1 unspecified atom stereocenters. The Bertz CT molecular complexity index is 646. The molecular formula is C16H12FNO. The molecule has 0 aliphatic carbocycles. The van der Waals surface area contributed by atoms with Gasteiger partial charge in [0.25, 0.3) is 0 Å². The first-order valence-corrected chi connectivity index (χ1v) is 6.06. The third kappa shape index (κ3) is 2.15. The summed E-state index contributed by atoms with van der Waals surface area (Å²) in [5, 5.41) is 3.34. The van der Waals surface area contributed by atoms with Crippen LogP contribution in [0.15, 0.2) is 54.6 Å². The molecule has 1 N–H and O–H groups in total. The van der Waals surface area contributed by atoms with Crippen molar-refractivity contribution < 1.29 is 9.18 Å². The first kappa shape index (κ1) is 11.7. The molecule has 1 atom stereocenters. The number of rotatable bonds is 2. The molecule has 1 aliphatic heterocycles. The van der Waals surface area contributed by atoms with Crippen LogP contribution in [0.3, 0.4) is 0 Å². The molecule has 0 fully saturated rings. The highest BCUT2D eigenvalue weighted by Crippen LogP contribution is 2.33. The second-order valence-electron chi connectivity index (χ2n) is 4.46. The average Bonchev–Trinajstić information content (AvgIpc) is 2.47. The second-order valence-corrected chi connectivity index (χ2v) is 4.46. The van der Waals surface area contributed by atoms with Crippen molar-refractivity contribution in [1.82, 2.24) is 0 Å². The first-order chi connectivity index (χ1) is 9.28. The quantitative estimate of drug-likeness (QED) is 0.829. The van der Waals surface area contributed by atoms with Crippen molar-refractivity contribution >= 4 is 17.5 Å². The van der Waals surface area contributed by atoms with Crippen LogP contribution in [-0.4, -0.2) is 6.29 Å². The molecule has 3 rings (SSSR count). The fraction of sp³-hybridized carbons (Fsp3) is 0.0625. The zero-order chi connectivity index (χ0) is 13.2. The lowest BCUT2D eigenvalue weighted by molar-refractivity contribution is -0.103. The van der Waals surface area contributed by atoms with Gasteiger partial charge in [0, 0.05) is 16.8 Å². The van der Waals surface area contributed by atoms with Gasteiger partial charge in [0.1, 0.15) is 12.1 Å². The van der Waals surface area contributed by atoms with Crippen molar-refractivity contribution in [1.29, 1.82) is 0 Å². The maximum absolute atomic E-state index is 12.9. The summed E-state index contributed by atoms with van der Waals surface area (Å²) in [5.41, 5.74) is 3.40. The Hall–Kier alpha value is -2.42. The lowest BCUT2D eigenvalue weighted by atomic mass is 9.94. The number of nitrogens with one attached hydrogen (secondary N) is 1. The van der Waals surface area contributed by atoms with Crippen LogP contribution in [-0.2, 0) is 4.79 Å². The number of aldehydes is 1. The topological polar surface area (TPSA) is 29.1 Å². The Morgan fingerprint density at radius 3 is 2.53 bits per heavy atom. The monoisotopic (exact) mass is 253 g/mol. The molecule has 1 aliphatic rings. The van der Waals surface area contributed by atoms with Gasteiger partial charge in [-0.15, -0.1) is 0 Å². The van der Waals surface area contributed by atoms with Crippen molar-refractivity contribution in [3.63, 3.8) is 0 Å². The van der Waals surface area contributed by atoms with Crippen LogP contribution in [0.2, 0.25) is 0 Å². The Kier molecular flexibility index (Phi) is 2.88. The SMILES string of the molecule is O=CC1=CC(c2ccc(F)cc2)Nc2ccccc21. The molecule has 0 aromatic heterocycles. The van der Waals surface area contributed by atoms with E-state index < -0.39 is 0 Å². The molecule has 0 spiro atoms. The number of hydrogen-bond acceptors (Lipinski definition) is 2. The molecule has 2 nitrogen and oxygen atoms in total. The number of fused-ring (bicyclic) bond motifs is 1. The minimum absolute atomic E-state index is 0.115. The van der Waals surface area contributed by atoms with E-state index in [-0.39, 0.29) is 11.9 Å². The normalized spacial score (nSPS) is 17.1. The van der Waals surface area contributed by atoms with Crippen LogP contribution in [0.1, 0.15) is 17.2 Å². The summed E-state index contributed by atoms with van der Waals surface area (Å²) >= 11 is 0. The number of halogens is 1. The van der Waals surface area contributed by atoms with Crippen LogP contribution < -0.4 is 5.32 Å². The Labute approximate surface area is 110 Å². The van der Waals surface area contributed by atoms with Crippen LogP contribution in [0.25, 0.3) is 5.57 Å². The van der Waals surface area contributed by atoms with Crippen molar-refractivity contribution in [3.8, 4) is 0 Å². The molecule has 19 heavy (non-hydrogen) atoms. The van der Waals surface area contributed by atoms with Gasteiger partial charge in [-0.3, -0.25) is 4.79 Å². The Balaban J connectivity index is 2.03. The third-order valence-electron chi connectivity index (χ3n) is 3.25. The summed E-state index contributed by atoms with van der Waals surface area (Å²) < 4.78 is 12.9. The van der Waals surface area contributed by atoms with Crippen molar-refractivity contribution in [3.05, 3.63) is 71.6 Å². The maximum atomic E-state index is 12.9. The molecule has 2 aromatic carbocycles. The van der Waals surface area contributed by atoms with Gasteiger partial charge in [-0.1, -0.05) is 30.3 Å². The summed E-state index contributed by atoms with van der Waals surface area (Å²) in [5.74, 6) is -0.264. The fourth-order valence-electron chi connectivity index (χ4n) is 2.29. The number of hydrogen-bond donors (Lipinski definition) is 1. The molecule has 0 amide bonds. The van der Waals surface area contributed by atoms with Crippen molar-refractivity contribution in [2.75, 3.05) is 5.32 Å². The average molecular weight is 253 g/mol. The smallest absolute Gasteiger partial charge is 0.150 e. The van der Waals surface area contributed by atoms with E-state index in [1.54, 1.807) is 12.1 Å². The number of carbonyl (C=O) groups excluding carboxylic acids is 1. The summed E-state index contributed by atoms with van der Waals surface area (Å²) in [4.78, 5) is 11.2. The zero-order valence-corrected chi connectivity index (χ0v) is 10.1. The van der Waals surface area contributed by atoms with Gasteiger partial charge < -0.3 is 5.32 Å². The Morgan fingerprint density at radius 1 is 1.05 bits per heavy atom. The largest absolute Gasteiger partial charge is 0.374 e. The van der Waals surface area contributed by atoms with Gasteiger partial charge in [0.15, 0.2) is 0 Å². The van der Waals surface area contributed by atoms with Gasteiger partial charge in [0.05, 0.1) is 6.04 Å². The lowest BCUT2D eigenvalue weighted by Gasteiger charge is -2.24. The summed E-state index contributed by atoms with van der Waals surface area (Å²) in [6.07, 6.45) is 2.72. The summed E-state index contributed by atoms with van der Waals surface area (Å²) in [7, 11) is 0. The number of benzene rings is 2. The highest BCUT2D eigenvalue weighted by Gasteiger charge is 2.19. The van der Waals surface area contributed by atoms with Gasteiger partial charge in [0.2, 0.25) is 0 Å². The van der Waals surface area contributed by atoms with E-state index >= 15 is 0 Å². The molecule has 3 heteroatoms. The molecule has 94 valence electrons. The molecule has 0 radical (unpaired) electrons. The van der Waals surface area contributed by atoms with Crippen LogP contribution >= 0.6 is 0 Å². The first-order valence-electron chi connectivity index (χ1n) is 6.06. The van der Waals surface area contributed by atoms with Gasteiger partial charge >= 0.3 is 0 Å². The highest BCUT2D eigenvalue weighted by molar-refractivity contribution is 6.10.